The Bertz CT molecular complexity index is 342. The van der Waals surface area contributed by atoms with E-state index < -0.39 is 0 Å². The summed E-state index contributed by atoms with van der Waals surface area (Å²) in [6.45, 7) is 1.27. The molecule has 0 saturated carbocycles. The van der Waals surface area contributed by atoms with Crippen molar-refractivity contribution in [2.45, 2.75) is 12.5 Å². The monoisotopic (exact) mass is 219 g/mol. The second-order valence-corrected chi connectivity index (χ2v) is 3.33. The van der Waals surface area contributed by atoms with E-state index in [-0.39, 0.29) is 6.04 Å². The van der Waals surface area contributed by atoms with Crippen molar-refractivity contribution < 1.29 is 4.74 Å². The first-order valence-electron chi connectivity index (χ1n) is 5.18. The van der Waals surface area contributed by atoms with Crippen LogP contribution in [-0.4, -0.2) is 25.2 Å². The van der Waals surface area contributed by atoms with Gasteiger partial charge in [-0.1, -0.05) is 6.07 Å². The van der Waals surface area contributed by atoms with E-state index in [0.717, 1.165) is 12.1 Å². The van der Waals surface area contributed by atoms with Crippen LogP contribution < -0.4 is 15.8 Å². The lowest BCUT2D eigenvalue weighted by molar-refractivity contribution is 0.397. The molecule has 0 saturated heterocycles. The molecular formula is C12H17N3O. The molecule has 1 aromatic heterocycles. The van der Waals surface area contributed by atoms with E-state index in [4.69, 9.17) is 16.9 Å². The van der Waals surface area contributed by atoms with Crippen LogP contribution in [0.3, 0.4) is 0 Å². The largest absolute Gasteiger partial charge is 0.481 e. The van der Waals surface area contributed by atoms with Gasteiger partial charge in [0.05, 0.1) is 7.11 Å². The van der Waals surface area contributed by atoms with Crippen LogP contribution in [0.4, 0.5) is 0 Å². The summed E-state index contributed by atoms with van der Waals surface area (Å²) in [6.07, 6.45) is 7.64. The third-order valence-corrected chi connectivity index (χ3v) is 2.27. The second-order valence-electron chi connectivity index (χ2n) is 3.33. The highest BCUT2D eigenvalue weighted by molar-refractivity contribution is 5.21. The van der Waals surface area contributed by atoms with Gasteiger partial charge in [-0.3, -0.25) is 0 Å². The first-order valence-corrected chi connectivity index (χ1v) is 5.18. The van der Waals surface area contributed by atoms with Gasteiger partial charge in [-0.15, -0.1) is 12.3 Å². The predicted molar refractivity (Wildman–Crippen MR) is 64.0 cm³/mol. The Morgan fingerprint density at radius 3 is 2.94 bits per heavy atom. The summed E-state index contributed by atoms with van der Waals surface area (Å²) in [5.41, 5.74) is 6.73. The number of pyridine rings is 1. The molecule has 0 aliphatic rings. The van der Waals surface area contributed by atoms with E-state index in [0.29, 0.717) is 18.8 Å². The molecule has 0 spiro atoms. The number of nitrogens with two attached hydrogens (primary N) is 1. The van der Waals surface area contributed by atoms with Crippen molar-refractivity contribution in [3.05, 3.63) is 23.9 Å². The van der Waals surface area contributed by atoms with Crippen molar-refractivity contribution in [3.8, 4) is 18.2 Å². The van der Waals surface area contributed by atoms with Gasteiger partial charge in [-0.05, 0) is 5.56 Å². The molecule has 16 heavy (non-hydrogen) atoms. The highest BCUT2D eigenvalue weighted by Gasteiger charge is 2.08. The Labute approximate surface area is 96.2 Å². The van der Waals surface area contributed by atoms with Gasteiger partial charge in [0.15, 0.2) is 0 Å². The first-order chi connectivity index (χ1) is 7.81. The zero-order valence-corrected chi connectivity index (χ0v) is 9.44. The molecule has 1 rings (SSSR count). The van der Waals surface area contributed by atoms with Crippen molar-refractivity contribution in [1.82, 2.24) is 10.3 Å². The van der Waals surface area contributed by atoms with Gasteiger partial charge in [0.2, 0.25) is 5.88 Å². The number of hydrogen-bond acceptors (Lipinski definition) is 4. The third kappa shape index (κ3) is 3.54. The Hall–Kier alpha value is -1.57. The molecule has 0 fully saturated rings. The van der Waals surface area contributed by atoms with E-state index >= 15 is 0 Å². The van der Waals surface area contributed by atoms with Gasteiger partial charge in [-0.25, -0.2) is 4.98 Å². The lowest BCUT2D eigenvalue weighted by atomic mass is 10.1. The third-order valence-electron chi connectivity index (χ3n) is 2.27. The molecule has 3 N–H and O–H groups in total. The Morgan fingerprint density at radius 1 is 1.62 bits per heavy atom. The van der Waals surface area contributed by atoms with E-state index in [1.165, 1.54) is 0 Å². The van der Waals surface area contributed by atoms with Gasteiger partial charge in [0.25, 0.3) is 0 Å². The molecular weight excluding hydrogens is 202 g/mol. The molecule has 1 unspecified atom stereocenters. The molecule has 1 aromatic rings. The lowest BCUT2D eigenvalue weighted by Gasteiger charge is -2.16. The summed E-state index contributed by atoms with van der Waals surface area (Å²) < 4.78 is 4.99. The number of methoxy groups -OCH3 is 1. The summed E-state index contributed by atoms with van der Waals surface area (Å²) in [5.74, 6) is 3.18. The summed E-state index contributed by atoms with van der Waals surface area (Å²) in [4.78, 5) is 4.14. The van der Waals surface area contributed by atoms with Crippen molar-refractivity contribution in [2.24, 2.45) is 5.73 Å². The van der Waals surface area contributed by atoms with Crippen LogP contribution in [0.25, 0.3) is 0 Å². The molecule has 0 aliphatic carbocycles. The van der Waals surface area contributed by atoms with Gasteiger partial charge >= 0.3 is 0 Å². The molecule has 1 heterocycles. The van der Waals surface area contributed by atoms with Crippen LogP contribution in [0.15, 0.2) is 18.3 Å². The molecule has 1 atom stereocenters. The minimum atomic E-state index is 0.0896. The van der Waals surface area contributed by atoms with Crippen molar-refractivity contribution in [1.29, 1.82) is 0 Å². The number of hydrogen-bond donors (Lipinski definition) is 2. The maximum Gasteiger partial charge on any atom is 0.212 e. The SMILES string of the molecule is C#CCCNC(CN)c1ccc(OC)nc1. The minimum Gasteiger partial charge on any atom is -0.481 e. The number of nitrogens with zero attached hydrogens (tertiary/aromatic N) is 1. The summed E-state index contributed by atoms with van der Waals surface area (Å²) >= 11 is 0. The van der Waals surface area contributed by atoms with Crippen LogP contribution in [0.5, 0.6) is 5.88 Å². The van der Waals surface area contributed by atoms with E-state index in [1.54, 1.807) is 13.3 Å². The number of aromatic nitrogens is 1. The van der Waals surface area contributed by atoms with Crippen molar-refractivity contribution in [2.75, 3.05) is 20.2 Å². The van der Waals surface area contributed by atoms with E-state index in [2.05, 4.69) is 16.2 Å². The zero-order valence-electron chi connectivity index (χ0n) is 9.44. The van der Waals surface area contributed by atoms with Crippen LogP contribution in [0, 0.1) is 12.3 Å². The molecule has 4 heteroatoms. The topological polar surface area (TPSA) is 60.2 Å². The number of ether oxygens (including phenoxy) is 1. The molecule has 0 aromatic carbocycles. The quantitative estimate of drug-likeness (QED) is 0.546. The van der Waals surface area contributed by atoms with Crippen LogP contribution >= 0.6 is 0 Å². The fourth-order valence-corrected chi connectivity index (χ4v) is 1.37. The molecule has 0 radical (unpaired) electrons. The Kier molecular flexibility index (Phi) is 5.34. The molecule has 4 nitrogen and oxygen atoms in total. The van der Waals surface area contributed by atoms with Crippen LogP contribution in [0.1, 0.15) is 18.0 Å². The fraction of sp³-hybridized carbons (Fsp3) is 0.417. The highest BCUT2D eigenvalue weighted by Crippen LogP contribution is 2.13. The molecule has 0 amide bonds. The summed E-state index contributed by atoms with van der Waals surface area (Å²) in [7, 11) is 1.59. The van der Waals surface area contributed by atoms with Gasteiger partial charge < -0.3 is 15.8 Å². The van der Waals surface area contributed by atoms with Gasteiger partial charge in [0, 0.05) is 37.8 Å². The smallest absolute Gasteiger partial charge is 0.212 e. The van der Waals surface area contributed by atoms with Crippen LogP contribution in [-0.2, 0) is 0 Å². The van der Waals surface area contributed by atoms with E-state index in [9.17, 15) is 0 Å². The number of rotatable bonds is 6. The minimum absolute atomic E-state index is 0.0896. The fourth-order valence-electron chi connectivity index (χ4n) is 1.37. The Balaban J connectivity index is 2.60. The maximum atomic E-state index is 5.68. The highest BCUT2D eigenvalue weighted by atomic mass is 16.5. The molecule has 0 aliphatic heterocycles. The average Bonchev–Trinajstić information content (AvgIpc) is 2.35. The summed E-state index contributed by atoms with van der Waals surface area (Å²) in [5, 5.41) is 3.28. The Morgan fingerprint density at radius 2 is 2.44 bits per heavy atom. The van der Waals surface area contributed by atoms with Crippen molar-refractivity contribution in [3.63, 3.8) is 0 Å². The zero-order chi connectivity index (χ0) is 11.8. The predicted octanol–water partition coefficient (Wildman–Crippen LogP) is 0.703. The first kappa shape index (κ1) is 12.5. The second kappa shape index (κ2) is 6.83. The number of nitrogens with one attached hydrogen (secondary N) is 1. The average molecular weight is 219 g/mol. The standard InChI is InChI=1S/C12H17N3O/c1-3-4-7-14-11(8-13)10-5-6-12(16-2)15-9-10/h1,5-6,9,11,14H,4,7-8,13H2,2H3. The number of terminal acetylenes is 1. The van der Waals surface area contributed by atoms with Crippen molar-refractivity contribution >= 4 is 0 Å². The lowest BCUT2D eigenvalue weighted by Crippen LogP contribution is -2.28. The normalized spacial score (nSPS) is 11.8. The maximum absolute atomic E-state index is 5.68. The van der Waals surface area contributed by atoms with Crippen LogP contribution in [0.2, 0.25) is 0 Å². The molecule has 0 bridgehead atoms. The summed E-state index contributed by atoms with van der Waals surface area (Å²) in [6, 6.07) is 3.86. The molecule has 86 valence electrons. The van der Waals surface area contributed by atoms with Gasteiger partial charge in [0.1, 0.15) is 0 Å². The van der Waals surface area contributed by atoms with Gasteiger partial charge in [-0.2, -0.15) is 0 Å². The van der Waals surface area contributed by atoms with E-state index in [1.807, 2.05) is 12.1 Å².